The third-order valence-corrected chi connectivity index (χ3v) is 3.76. The molecular weight excluding hydrogens is 233 g/mol. The van der Waals surface area contributed by atoms with Crippen molar-refractivity contribution in [2.75, 3.05) is 18.0 Å². The standard InChI is InChI=1S/C11H14BN3O3/c16-7-15-9-3-10(15)6-14(5-9)11-2-1-8(4-13-11)12(17)18/h1-2,4,7,9-10,17-18H,3,5-6H2. The second-order valence-electron chi connectivity index (χ2n) is 4.82. The van der Waals surface area contributed by atoms with Gasteiger partial charge in [0.25, 0.3) is 0 Å². The maximum absolute atomic E-state index is 10.8. The third-order valence-electron chi connectivity index (χ3n) is 3.76. The lowest BCUT2D eigenvalue weighted by molar-refractivity contribution is -0.131. The zero-order chi connectivity index (χ0) is 12.7. The number of hydrogen-bond acceptors (Lipinski definition) is 5. The first-order valence-electron chi connectivity index (χ1n) is 5.99. The number of carbonyl (C=O) groups excluding carboxylic acids is 1. The highest BCUT2D eigenvalue weighted by Gasteiger charge is 2.44. The SMILES string of the molecule is O=CN1C2CC1CN(c1ccc(B(O)O)cn1)C2. The van der Waals surface area contributed by atoms with Gasteiger partial charge in [0.05, 0.1) is 12.1 Å². The largest absolute Gasteiger partial charge is 0.490 e. The van der Waals surface area contributed by atoms with E-state index >= 15 is 0 Å². The minimum atomic E-state index is -1.48. The molecule has 1 aromatic heterocycles. The van der Waals surface area contributed by atoms with Crippen molar-refractivity contribution < 1.29 is 14.8 Å². The van der Waals surface area contributed by atoms with Crippen LogP contribution in [0.5, 0.6) is 0 Å². The van der Waals surface area contributed by atoms with E-state index in [4.69, 9.17) is 10.0 Å². The summed E-state index contributed by atoms with van der Waals surface area (Å²) in [4.78, 5) is 19.0. The first-order valence-corrected chi connectivity index (χ1v) is 5.99. The maximum atomic E-state index is 10.8. The molecule has 2 bridgehead atoms. The first-order chi connectivity index (χ1) is 8.69. The van der Waals surface area contributed by atoms with Gasteiger partial charge in [-0.25, -0.2) is 4.98 Å². The van der Waals surface area contributed by atoms with Gasteiger partial charge in [0, 0.05) is 24.7 Å². The van der Waals surface area contributed by atoms with E-state index in [-0.39, 0.29) is 0 Å². The average Bonchev–Trinajstić information content (AvgIpc) is 2.39. The van der Waals surface area contributed by atoms with Gasteiger partial charge in [0.15, 0.2) is 0 Å². The van der Waals surface area contributed by atoms with E-state index in [9.17, 15) is 4.79 Å². The molecule has 94 valence electrons. The Morgan fingerprint density at radius 2 is 2.06 bits per heavy atom. The van der Waals surface area contributed by atoms with Crippen LogP contribution >= 0.6 is 0 Å². The zero-order valence-electron chi connectivity index (χ0n) is 9.81. The lowest BCUT2D eigenvalue weighted by Crippen LogP contribution is -2.68. The van der Waals surface area contributed by atoms with Gasteiger partial charge >= 0.3 is 7.12 Å². The van der Waals surface area contributed by atoms with Crippen molar-refractivity contribution >= 4 is 24.8 Å². The molecular formula is C11H14BN3O3. The van der Waals surface area contributed by atoms with Crippen LogP contribution in [0.2, 0.25) is 0 Å². The van der Waals surface area contributed by atoms with E-state index in [0.717, 1.165) is 31.7 Å². The Morgan fingerprint density at radius 1 is 1.33 bits per heavy atom. The smallest absolute Gasteiger partial charge is 0.423 e. The Bertz CT molecular complexity index is 441. The second-order valence-corrected chi connectivity index (χ2v) is 4.82. The number of anilines is 1. The number of nitrogens with zero attached hydrogens (tertiary/aromatic N) is 3. The van der Waals surface area contributed by atoms with Gasteiger partial charge in [-0.3, -0.25) is 4.79 Å². The van der Waals surface area contributed by atoms with Crippen LogP contribution in [0.25, 0.3) is 0 Å². The van der Waals surface area contributed by atoms with Crippen molar-refractivity contribution in [1.82, 2.24) is 9.88 Å². The Labute approximate surface area is 105 Å². The lowest BCUT2D eigenvalue weighted by atomic mass is 9.82. The summed E-state index contributed by atoms with van der Waals surface area (Å²) in [5.41, 5.74) is 0.385. The summed E-state index contributed by atoms with van der Waals surface area (Å²) in [5, 5.41) is 18.0. The fourth-order valence-electron chi connectivity index (χ4n) is 2.74. The van der Waals surface area contributed by atoms with Crippen molar-refractivity contribution in [3.05, 3.63) is 18.3 Å². The van der Waals surface area contributed by atoms with E-state index in [1.54, 1.807) is 12.1 Å². The molecule has 2 unspecified atom stereocenters. The highest BCUT2D eigenvalue weighted by molar-refractivity contribution is 6.58. The quantitative estimate of drug-likeness (QED) is 0.486. The summed E-state index contributed by atoms with van der Waals surface area (Å²) >= 11 is 0. The molecule has 6 nitrogen and oxygen atoms in total. The Hall–Kier alpha value is -1.60. The van der Waals surface area contributed by atoms with Crippen LogP contribution in [-0.4, -0.2) is 58.6 Å². The number of hydrogen-bond donors (Lipinski definition) is 2. The topological polar surface area (TPSA) is 76.9 Å². The molecule has 1 amide bonds. The number of carbonyl (C=O) groups is 1. The van der Waals surface area contributed by atoms with Crippen LogP contribution in [0.3, 0.4) is 0 Å². The molecule has 3 fully saturated rings. The van der Waals surface area contributed by atoms with Crippen LogP contribution in [0.4, 0.5) is 5.82 Å². The fraction of sp³-hybridized carbons (Fsp3) is 0.455. The first kappa shape index (κ1) is 11.5. The summed E-state index contributed by atoms with van der Waals surface area (Å²) < 4.78 is 0. The van der Waals surface area contributed by atoms with E-state index < -0.39 is 7.12 Å². The fourth-order valence-corrected chi connectivity index (χ4v) is 2.74. The predicted molar refractivity (Wildman–Crippen MR) is 66.4 cm³/mol. The summed E-state index contributed by atoms with van der Waals surface area (Å²) in [6, 6.07) is 4.03. The maximum Gasteiger partial charge on any atom is 0.490 e. The molecule has 0 saturated carbocycles. The molecule has 0 spiro atoms. The average molecular weight is 247 g/mol. The predicted octanol–water partition coefficient (Wildman–Crippen LogP) is -1.82. The monoisotopic (exact) mass is 247 g/mol. The zero-order valence-corrected chi connectivity index (χ0v) is 9.81. The number of piperidine rings is 1. The van der Waals surface area contributed by atoms with Crippen molar-refractivity contribution in [2.24, 2.45) is 0 Å². The summed E-state index contributed by atoms with van der Waals surface area (Å²) in [5.74, 6) is 0.819. The van der Waals surface area contributed by atoms with Gasteiger partial charge in [-0.05, 0) is 12.5 Å². The Morgan fingerprint density at radius 3 is 2.56 bits per heavy atom. The van der Waals surface area contributed by atoms with Crippen LogP contribution in [0, 0.1) is 0 Å². The number of piperazine rings is 1. The van der Waals surface area contributed by atoms with Gasteiger partial charge < -0.3 is 19.8 Å². The van der Waals surface area contributed by atoms with Crippen LogP contribution in [0.1, 0.15) is 6.42 Å². The van der Waals surface area contributed by atoms with Crippen molar-refractivity contribution in [1.29, 1.82) is 0 Å². The van der Waals surface area contributed by atoms with Crippen LogP contribution in [-0.2, 0) is 4.79 Å². The Balaban J connectivity index is 1.71. The van der Waals surface area contributed by atoms with E-state index in [0.29, 0.717) is 17.5 Å². The normalized spacial score (nSPS) is 25.7. The minimum absolute atomic E-state index is 0.297. The van der Waals surface area contributed by atoms with Gasteiger partial charge in [-0.2, -0.15) is 0 Å². The summed E-state index contributed by atoms with van der Waals surface area (Å²) in [7, 11) is -1.48. The molecule has 7 heteroatoms. The van der Waals surface area contributed by atoms with E-state index in [1.807, 2.05) is 4.90 Å². The Kier molecular flexibility index (Phi) is 2.72. The van der Waals surface area contributed by atoms with Gasteiger partial charge in [0.1, 0.15) is 5.82 Å². The number of amides is 1. The summed E-state index contributed by atoms with van der Waals surface area (Å²) in [6.07, 6.45) is 3.47. The molecule has 0 aliphatic carbocycles. The van der Waals surface area contributed by atoms with Gasteiger partial charge in [-0.1, -0.05) is 6.07 Å². The lowest BCUT2D eigenvalue weighted by Gasteiger charge is -2.55. The molecule has 4 rings (SSSR count). The molecule has 3 aliphatic rings. The number of rotatable bonds is 3. The highest BCUT2D eigenvalue weighted by Crippen LogP contribution is 2.32. The van der Waals surface area contributed by atoms with Crippen molar-refractivity contribution in [3.8, 4) is 0 Å². The number of pyridine rings is 1. The molecule has 3 aliphatic heterocycles. The van der Waals surface area contributed by atoms with Crippen molar-refractivity contribution in [3.63, 3.8) is 0 Å². The summed E-state index contributed by atoms with van der Waals surface area (Å²) in [6.45, 7) is 1.59. The molecule has 2 N–H and O–H groups in total. The molecule has 4 heterocycles. The van der Waals surface area contributed by atoms with Gasteiger partial charge in [0.2, 0.25) is 6.41 Å². The molecule has 3 saturated heterocycles. The molecule has 2 atom stereocenters. The van der Waals surface area contributed by atoms with Crippen molar-refractivity contribution in [2.45, 2.75) is 18.5 Å². The molecule has 0 aromatic carbocycles. The van der Waals surface area contributed by atoms with E-state index in [1.165, 1.54) is 6.20 Å². The van der Waals surface area contributed by atoms with E-state index in [2.05, 4.69) is 9.88 Å². The van der Waals surface area contributed by atoms with Crippen LogP contribution in [0.15, 0.2) is 18.3 Å². The molecule has 0 radical (unpaired) electrons. The third kappa shape index (κ3) is 1.75. The molecule has 1 aromatic rings. The number of fused-ring (bicyclic) bond motifs is 2. The molecule has 18 heavy (non-hydrogen) atoms. The highest BCUT2D eigenvalue weighted by atomic mass is 16.4. The van der Waals surface area contributed by atoms with Gasteiger partial charge in [-0.15, -0.1) is 0 Å². The second kappa shape index (κ2) is 4.26. The minimum Gasteiger partial charge on any atom is -0.423 e. The number of aromatic nitrogens is 1. The van der Waals surface area contributed by atoms with Crippen LogP contribution < -0.4 is 10.4 Å².